The van der Waals surface area contributed by atoms with E-state index < -0.39 is 0 Å². The second-order valence-electron chi connectivity index (χ2n) is 6.13. The number of nitrogens with two attached hydrogens (primary N) is 1. The molecule has 1 aromatic heterocycles. The van der Waals surface area contributed by atoms with Gasteiger partial charge in [-0.25, -0.2) is 9.97 Å². The second-order valence-corrected chi connectivity index (χ2v) is 6.13. The van der Waals surface area contributed by atoms with Crippen LogP contribution < -0.4 is 15.8 Å². The Kier molecular flexibility index (Phi) is 3.50. The highest BCUT2D eigenvalue weighted by molar-refractivity contribution is 5.86. The zero-order valence-electron chi connectivity index (χ0n) is 13.1. The Morgan fingerprint density at radius 1 is 1.30 bits per heavy atom. The van der Waals surface area contributed by atoms with Gasteiger partial charge >= 0.3 is 0 Å². The average Bonchev–Trinajstić information content (AvgIpc) is 3.33. The molecule has 0 bridgehead atoms. The lowest BCUT2D eigenvalue weighted by Gasteiger charge is -2.12. The summed E-state index contributed by atoms with van der Waals surface area (Å²) in [4.78, 5) is 8.57. The Labute approximate surface area is 135 Å². The fourth-order valence-electron chi connectivity index (χ4n) is 2.98. The van der Waals surface area contributed by atoms with Crippen LogP contribution in [0.4, 0.5) is 5.95 Å². The minimum Gasteiger partial charge on any atom is -0.489 e. The van der Waals surface area contributed by atoms with Gasteiger partial charge in [0.1, 0.15) is 5.69 Å². The molecule has 0 radical (unpaired) electrons. The average molecular weight is 308 g/mol. The number of hydrogen-bond acceptors (Lipinski definition) is 5. The molecule has 0 aliphatic heterocycles. The van der Waals surface area contributed by atoms with Crippen molar-refractivity contribution in [2.75, 3.05) is 19.4 Å². The van der Waals surface area contributed by atoms with Gasteiger partial charge in [-0.3, -0.25) is 0 Å². The number of hydrogen-bond donors (Lipinski definition) is 2. The molecule has 2 aliphatic rings. The monoisotopic (exact) mass is 308 g/mol. The number of nitrogens with zero attached hydrogens (tertiary/aromatic N) is 2. The van der Waals surface area contributed by atoms with Crippen LogP contribution in [0.25, 0.3) is 5.57 Å². The van der Waals surface area contributed by atoms with E-state index >= 15 is 0 Å². The van der Waals surface area contributed by atoms with Crippen LogP contribution in [-0.4, -0.2) is 23.6 Å². The summed E-state index contributed by atoms with van der Waals surface area (Å²) >= 11 is 0. The Morgan fingerprint density at radius 2 is 2.13 bits per heavy atom. The van der Waals surface area contributed by atoms with Crippen LogP contribution in [0.15, 0.2) is 36.5 Å². The third-order valence-electron chi connectivity index (χ3n) is 4.43. The van der Waals surface area contributed by atoms with E-state index in [1.54, 1.807) is 6.20 Å². The number of benzene rings is 1. The lowest BCUT2D eigenvalue weighted by Crippen LogP contribution is -2.11. The van der Waals surface area contributed by atoms with Crippen LogP contribution in [0.1, 0.15) is 35.7 Å². The van der Waals surface area contributed by atoms with Gasteiger partial charge in [0.05, 0.1) is 18.8 Å². The summed E-state index contributed by atoms with van der Waals surface area (Å²) in [7, 11) is 1.96. The van der Waals surface area contributed by atoms with E-state index in [2.05, 4.69) is 39.6 Å². The fraction of sp³-hybridized carbons (Fsp3) is 0.333. The first-order chi connectivity index (χ1) is 11.3. The van der Waals surface area contributed by atoms with Crippen molar-refractivity contribution >= 4 is 11.5 Å². The highest BCUT2D eigenvalue weighted by Gasteiger charge is 2.27. The first-order valence-electron chi connectivity index (χ1n) is 8.00. The molecule has 0 spiro atoms. The van der Waals surface area contributed by atoms with Gasteiger partial charge in [-0.2, -0.15) is 0 Å². The highest BCUT2D eigenvalue weighted by Crippen LogP contribution is 2.40. The van der Waals surface area contributed by atoms with Crippen LogP contribution >= 0.6 is 0 Å². The summed E-state index contributed by atoms with van der Waals surface area (Å²) in [6, 6.07) is 8.52. The molecule has 5 heteroatoms. The minimum atomic E-state index is 0.175. The minimum absolute atomic E-state index is 0.175. The fourth-order valence-corrected chi connectivity index (χ4v) is 2.98. The molecule has 23 heavy (non-hydrogen) atoms. The molecule has 3 N–H and O–H groups in total. The van der Waals surface area contributed by atoms with E-state index in [0.717, 1.165) is 17.9 Å². The summed E-state index contributed by atoms with van der Waals surface area (Å²) in [5, 5.41) is 3.32. The van der Waals surface area contributed by atoms with E-state index in [0.29, 0.717) is 11.7 Å². The normalized spacial score (nSPS) is 19.3. The molecule has 0 saturated heterocycles. The van der Waals surface area contributed by atoms with Crippen LogP contribution in [-0.2, 0) is 0 Å². The van der Waals surface area contributed by atoms with Gasteiger partial charge < -0.3 is 15.8 Å². The SMILES string of the molecule is CNC1C=C(c2nc(N)ncc2OCC2CC2)c2ccccc21. The molecule has 2 aromatic rings. The van der Waals surface area contributed by atoms with Crippen molar-refractivity contribution in [3.63, 3.8) is 0 Å². The van der Waals surface area contributed by atoms with Gasteiger partial charge in [-0.1, -0.05) is 30.3 Å². The molecule has 118 valence electrons. The second kappa shape index (κ2) is 5.66. The van der Waals surface area contributed by atoms with Crippen molar-refractivity contribution in [2.45, 2.75) is 18.9 Å². The largest absolute Gasteiger partial charge is 0.489 e. The Bertz CT molecular complexity index is 767. The number of ether oxygens (including phenoxy) is 1. The number of anilines is 1. The van der Waals surface area contributed by atoms with Crippen LogP contribution in [0.2, 0.25) is 0 Å². The van der Waals surface area contributed by atoms with E-state index in [1.807, 2.05) is 13.1 Å². The zero-order chi connectivity index (χ0) is 15.8. The van der Waals surface area contributed by atoms with Crippen molar-refractivity contribution < 1.29 is 4.74 Å². The predicted molar refractivity (Wildman–Crippen MR) is 90.0 cm³/mol. The van der Waals surface area contributed by atoms with Crippen LogP contribution in [0, 0.1) is 5.92 Å². The first-order valence-corrected chi connectivity index (χ1v) is 8.00. The maximum absolute atomic E-state index is 5.97. The number of nitrogens with one attached hydrogen (secondary N) is 1. The number of likely N-dealkylation sites (N-methyl/N-ethyl adjacent to an activating group) is 1. The van der Waals surface area contributed by atoms with Crippen molar-refractivity contribution in [2.24, 2.45) is 5.92 Å². The lowest BCUT2D eigenvalue weighted by atomic mass is 10.0. The molecule has 1 heterocycles. The van der Waals surface area contributed by atoms with Crippen LogP contribution in [0.3, 0.4) is 0 Å². The van der Waals surface area contributed by atoms with Gasteiger partial charge in [0.25, 0.3) is 0 Å². The number of nitrogen functional groups attached to an aromatic ring is 1. The summed E-state index contributed by atoms with van der Waals surface area (Å²) in [6.07, 6.45) is 6.36. The highest BCUT2D eigenvalue weighted by atomic mass is 16.5. The van der Waals surface area contributed by atoms with Crippen LogP contribution in [0.5, 0.6) is 5.75 Å². The van der Waals surface area contributed by atoms with Crippen molar-refractivity contribution in [1.82, 2.24) is 15.3 Å². The molecule has 1 saturated carbocycles. The van der Waals surface area contributed by atoms with E-state index in [4.69, 9.17) is 10.5 Å². The predicted octanol–water partition coefficient (Wildman–Crippen LogP) is 2.55. The molecule has 1 aromatic carbocycles. The van der Waals surface area contributed by atoms with Gasteiger partial charge in [-0.05, 0) is 36.9 Å². The summed E-state index contributed by atoms with van der Waals surface area (Å²) in [5.74, 6) is 1.66. The van der Waals surface area contributed by atoms with E-state index in [9.17, 15) is 0 Å². The molecule has 0 amide bonds. The quantitative estimate of drug-likeness (QED) is 0.888. The molecule has 4 rings (SSSR count). The third kappa shape index (κ3) is 2.68. The van der Waals surface area contributed by atoms with Gasteiger partial charge in [0.2, 0.25) is 5.95 Å². The maximum atomic E-state index is 5.97. The molecule has 2 aliphatic carbocycles. The smallest absolute Gasteiger partial charge is 0.220 e. The van der Waals surface area contributed by atoms with Crippen molar-refractivity contribution in [1.29, 1.82) is 0 Å². The summed E-state index contributed by atoms with van der Waals surface area (Å²) in [6.45, 7) is 0.727. The van der Waals surface area contributed by atoms with Gasteiger partial charge in [0.15, 0.2) is 5.75 Å². The zero-order valence-corrected chi connectivity index (χ0v) is 13.1. The summed E-state index contributed by atoms with van der Waals surface area (Å²) < 4.78 is 5.97. The molecule has 1 atom stereocenters. The Hall–Kier alpha value is -2.40. The van der Waals surface area contributed by atoms with Gasteiger partial charge in [0, 0.05) is 5.57 Å². The molecule has 1 fully saturated rings. The van der Waals surface area contributed by atoms with Crippen molar-refractivity contribution in [3.8, 4) is 5.75 Å². The van der Waals surface area contributed by atoms with E-state index in [-0.39, 0.29) is 12.0 Å². The van der Waals surface area contributed by atoms with Gasteiger partial charge in [-0.15, -0.1) is 0 Å². The number of rotatable bonds is 5. The maximum Gasteiger partial charge on any atom is 0.220 e. The van der Waals surface area contributed by atoms with E-state index in [1.165, 1.54) is 24.0 Å². The molecular weight excluding hydrogens is 288 g/mol. The lowest BCUT2D eigenvalue weighted by molar-refractivity contribution is 0.296. The van der Waals surface area contributed by atoms with Crippen molar-refractivity contribution in [3.05, 3.63) is 53.4 Å². The topological polar surface area (TPSA) is 73.1 Å². The first kappa shape index (κ1) is 14.2. The molecule has 5 nitrogen and oxygen atoms in total. The molecule has 1 unspecified atom stereocenters. The summed E-state index contributed by atoms with van der Waals surface area (Å²) in [5.41, 5.74) is 10.1. The Morgan fingerprint density at radius 3 is 2.91 bits per heavy atom. The third-order valence-corrected chi connectivity index (χ3v) is 4.43. The standard InChI is InChI=1S/C18H20N4O/c1-20-15-8-14(12-4-2-3-5-13(12)15)17-16(9-21-18(19)22-17)23-10-11-6-7-11/h2-5,8-9,11,15,20H,6-7,10H2,1H3,(H2,19,21,22). The Balaban J connectivity index is 1.75. The number of fused-ring (bicyclic) bond motifs is 1. The molecular formula is C18H20N4O. The number of aromatic nitrogens is 2.